The molecule has 3 rings (SSSR count). The van der Waals surface area contributed by atoms with Crippen molar-refractivity contribution >= 4 is 0 Å². The summed E-state index contributed by atoms with van der Waals surface area (Å²) in [7, 11) is 0. The molecule has 0 unspecified atom stereocenters. The van der Waals surface area contributed by atoms with E-state index in [4.69, 9.17) is 14.7 Å². The summed E-state index contributed by atoms with van der Waals surface area (Å²) >= 11 is 0. The van der Waals surface area contributed by atoms with Gasteiger partial charge in [0.1, 0.15) is 12.7 Å². The van der Waals surface area contributed by atoms with Gasteiger partial charge in [0.2, 0.25) is 5.82 Å². The minimum absolute atomic E-state index is 0.140. The lowest BCUT2D eigenvalue weighted by Crippen LogP contribution is -2.21. The minimum Gasteiger partial charge on any atom is -0.486 e. The van der Waals surface area contributed by atoms with Gasteiger partial charge in [0.15, 0.2) is 11.6 Å². The maximum absolute atomic E-state index is 13.9. The first kappa shape index (κ1) is 22.2. The fourth-order valence-electron chi connectivity index (χ4n) is 3.94. The highest BCUT2D eigenvalue weighted by Crippen LogP contribution is 2.34. The molecule has 30 heavy (non-hydrogen) atoms. The fourth-order valence-corrected chi connectivity index (χ4v) is 3.94. The predicted octanol–water partition coefficient (Wildman–Crippen LogP) is 6.65. The zero-order chi connectivity index (χ0) is 21.3. The van der Waals surface area contributed by atoms with Crippen LogP contribution in [0.3, 0.4) is 0 Å². The molecule has 0 bridgehead atoms. The summed E-state index contributed by atoms with van der Waals surface area (Å²) in [5.74, 6) is -1.94. The molecule has 2 aromatic carbocycles. The number of unbranched alkanes of at least 4 members (excludes halogenated alkanes) is 2. The van der Waals surface area contributed by atoms with Crippen molar-refractivity contribution in [2.45, 2.75) is 70.5 Å². The highest BCUT2D eigenvalue weighted by atomic mass is 19.2. The number of halogens is 2. The van der Waals surface area contributed by atoms with E-state index >= 15 is 0 Å². The van der Waals surface area contributed by atoms with Crippen LogP contribution < -0.4 is 4.74 Å². The normalized spacial score (nSPS) is 18.7. The zero-order valence-corrected chi connectivity index (χ0v) is 17.5. The molecule has 0 spiro atoms. The maximum Gasteiger partial charge on any atom is 0.202 e. The van der Waals surface area contributed by atoms with Gasteiger partial charge in [-0.25, -0.2) is 4.39 Å². The molecule has 3 nitrogen and oxygen atoms in total. The summed E-state index contributed by atoms with van der Waals surface area (Å²) in [5, 5.41) is 8.74. The van der Waals surface area contributed by atoms with E-state index in [0.29, 0.717) is 12.0 Å². The standard InChI is InChI=1S/C25H29F2NO2/c1-2-3-4-15-29-22-12-9-20(10-13-22)19-7-5-18(6-8-19)17-30-23-14-11-21(16-28)24(26)25(23)27/h5-8,11,14,20,22H,2-4,9-10,12-13,15,17H2,1H3. The largest absolute Gasteiger partial charge is 0.486 e. The van der Waals surface area contributed by atoms with E-state index in [9.17, 15) is 8.78 Å². The van der Waals surface area contributed by atoms with Gasteiger partial charge in [-0.1, -0.05) is 44.0 Å². The van der Waals surface area contributed by atoms with Crippen molar-refractivity contribution in [2.75, 3.05) is 6.61 Å². The first-order valence-corrected chi connectivity index (χ1v) is 10.8. The van der Waals surface area contributed by atoms with Crippen molar-refractivity contribution in [1.82, 2.24) is 0 Å². The van der Waals surface area contributed by atoms with Crippen LogP contribution in [0.2, 0.25) is 0 Å². The second-order valence-corrected chi connectivity index (χ2v) is 7.93. The maximum atomic E-state index is 13.9. The van der Waals surface area contributed by atoms with Gasteiger partial charge in [-0.3, -0.25) is 0 Å². The van der Waals surface area contributed by atoms with Crippen molar-refractivity contribution in [3.05, 3.63) is 64.7 Å². The van der Waals surface area contributed by atoms with Crippen LogP contribution in [0.15, 0.2) is 36.4 Å². The lowest BCUT2D eigenvalue weighted by molar-refractivity contribution is 0.0227. The number of nitriles is 1. The van der Waals surface area contributed by atoms with E-state index in [1.54, 1.807) is 6.07 Å². The van der Waals surface area contributed by atoms with E-state index in [2.05, 4.69) is 19.1 Å². The Labute approximate surface area is 177 Å². The third-order valence-electron chi connectivity index (χ3n) is 5.79. The van der Waals surface area contributed by atoms with Crippen molar-refractivity contribution in [1.29, 1.82) is 5.26 Å². The van der Waals surface area contributed by atoms with Crippen LogP contribution >= 0.6 is 0 Å². The minimum atomic E-state index is -1.17. The first-order valence-electron chi connectivity index (χ1n) is 10.8. The van der Waals surface area contributed by atoms with E-state index < -0.39 is 11.6 Å². The fraction of sp³-hybridized carbons (Fsp3) is 0.480. The molecular weight excluding hydrogens is 384 g/mol. The van der Waals surface area contributed by atoms with Gasteiger partial charge < -0.3 is 9.47 Å². The average Bonchev–Trinajstić information content (AvgIpc) is 2.79. The number of nitrogens with zero attached hydrogens (tertiary/aromatic N) is 1. The summed E-state index contributed by atoms with van der Waals surface area (Å²) in [6.07, 6.45) is 8.46. The Bertz CT molecular complexity index is 853. The summed E-state index contributed by atoms with van der Waals surface area (Å²) in [6, 6.07) is 12.3. The Morgan fingerprint density at radius 2 is 1.70 bits per heavy atom. The summed E-state index contributed by atoms with van der Waals surface area (Å²) in [6.45, 7) is 3.22. The van der Waals surface area contributed by atoms with E-state index in [-0.39, 0.29) is 17.9 Å². The number of hydrogen-bond acceptors (Lipinski definition) is 3. The van der Waals surface area contributed by atoms with Crippen LogP contribution in [0.1, 0.15) is 74.5 Å². The van der Waals surface area contributed by atoms with Crippen LogP contribution in [-0.2, 0) is 11.3 Å². The molecule has 0 aliphatic heterocycles. The zero-order valence-electron chi connectivity index (χ0n) is 17.5. The Hall–Kier alpha value is -2.45. The van der Waals surface area contributed by atoms with Crippen molar-refractivity contribution < 1.29 is 18.3 Å². The molecule has 1 fully saturated rings. The molecule has 0 N–H and O–H groups in total. The van der Waals surface area contributed by atoms with Gasteiger partial charge in [-0.15, -0.1) is 0 Å². The molecule has 1 aliphatic carbocycles. The molecule has 0 heterocycles. The lowest BCUT2D eigenvalue weighted by atomic mass is 9.82. The average molecular weight is 414 g/mol. The van der Waals surface area contributed by atoms with Crippen LogP contribution in [0.4, 0.5) is 8.78 Å². The molecule has 0 atom stereocenters. The van der Waals surface area contributed by atoms with E-state index in [1.807, 2.05) is 12.1 Å². The lowest BCUT2D eigenvalue weighted by Gasteiger charge is -2.29. The Morgan fingerprint density at radius 1 is 0.967 bits per heavy atom. The highest BCUT2D eigenvalue weighted by molar-refractivity contribution is 5.38. The van der Waals surface area contributed by atoms with Gasteiger partial charge in [-0.2, -0.15) is 9.65 Å². The summed E-state index contributed by atoms with van der Waals surface area (Å²) in [4.78, 5) is 0. The monoisotopic (exact) mass is 413 g/mol. The molecule has 0 amide bonds. The highest BCUT2D eigenvalue weighted by Gasteiger charge is 2.22. The SMILES string of the molecule is CCCCCOC1CCC(c2ccc(COc3ccc(C#N)c(F)c3F)cc2)CC1. The number of hydrogen-bond donors (Lipinski definition) is 0. The van der Waals surface area contributed by atoms with Crippen LogP contribution in [0, 0.1) is 23.0 Å². The smallest absolute Gasteiger partial charge is 0.202 e. The van der Waals surface area contributed by atoms with Crippen LogP contribution in [-0.4, -0.2) is 12.7 Å². The second kappa shape index (κ2) is 11.1. The Balaban J connectivity index is 1.48. The molecule has 0 aromatic heterocycles. The van der Waals surface area contributed by atoms with Crippen LogP contribution in [0.25, 0.3) is 0 Å². The topological polar surface area (TPSA) is 42.2 Å². The molecular formula is C25H29F2NO2. The molecule has 0 radical (unpaired) electrons. The van der Waals surface area contributed by atoms with Gasteiger partial charge in [-0.05, 0) is 61.3 Å². The number of benzene rings is 2. The number of rotatable bonds is 9. The molecule has 160 valence electrons. The summed E-state index contributed by atoms with van der Waals surface area (Å²) < 4.78 is 39.1. The van der Waals surface area contributed by atoms with Gasteiger partial charge in [0.05, 0.1) is 11.7 Å². The first-order chi connectivity index (χ1) is 14.6. The van der Waals surface area contributed by atoms with Crippen molar-refractivity contribution in [3.63, 3.8) is 0 Å². The third-order valence-corrected chi connectivity index (χ3v) is 5.79. The molecule has 1 saturated carbocycles. The Kier molecular flexibility index (Phi) is 8.21. The van der Waals surface area contributed by atoms with Gasteiger partial charge in [0.25, 0.3) is 0 Å². The Morgan fingerprint density at radius 3 is 2.37 bits per heavy atom. The molecule has 5 heteroatoms. The third kappa shape index (κ3) is 5.79. The van der Waals surface area contributed by atoms with Crippen molar-refractivity contribution in [3.8, 4) is 11.8 Å². The van der Waals surface area contributed by atoms with Gasteiger partial charge >= 0.3 is 0 Å². The summed E-state index contributed by atoms with van der Waals surface area (Å²) in [5.41, 5.74) is 1.86. The van der Waals surface area contributed by atoms with E-state index in [1.165, 1.54) is 30.5 Å². The molecule has 0 saturated heterocycles. The van der Waals surface area contributed by atoms with Gasteiger partial charge in [0, 0.05) is 6.61 Å². The number of ether oxygens (including phenoxy) is 2. The predicted molar refractivity (Wildman–Crippen MR) is 112 cm³/mol. The quantitative estimate of drug-likeness (QED) is 0.432. The molecule has 1 aliphatic rings. The van der Waals surface area contributed by atoms with Crippen LogP contribution in [0.5, 0.6) is 5.75 Å². The van der Waals surface area contributed by atoms with E-state index in [0.717, 1.165) is 44.3 Å². The van der Waals surface area contributed by atoms with Crippen molar-refractivity contribution in [2.24, 2.45) is 0 Å². The molecule has 2 aromatic rings. The second-order valence-electron chi connectivity index (χ2n) is 7.93.